The van der Waals surface area contributed by atoms with Gasteiger partial charge in [-0.3, -0.25) is 14.4 Å². The van der Waals surface area contributed by atoms with Crippen molar-refractivity contribution in [2.24, 2.45) is 11.8 Å². The van der Waals surface area contributed by atoms with Crippen molar-refractivity contribution in [3.8, 4) is 0 Å². The zero-order valence-electron chi connectivity index (χ0n) is 17.9. The highest BCUT2D eigenvalue weighted by Crippen LogP contribution is 2.26. The number of amides is 1. The van der Waals surface area contributed by atoms with Gasteiger partial charge in [-0.1, -0.05) is 27.7 Å². The van der Waals surface area contributed by atoms with E-state index in [1.807, 2.05) is 0 Å². The van der Waals surface area contributed by atoms with Gasteiger partial charge in [-0.15, -0.1) is 0 Å². The lowest BCUT2D eigenvalue weighted by molar-refractivity contribution is -0.171. The van der Waals surface area contributed by atoms with Crippen molar-refractivity contribution in [3.05, 3.63) is 0 Å². The Bertz CT molecular complexity index is 635. The minimum atomic E-state index is -1.31. The summed E-state index contributed by atoms with van der Waals surface area (Å²) in [7, 11) is 0. The lowest BCUT2D eigenvalue weighted by atomic mass is 10.2. The third-order valence-electron chi connectivity index (χ3n) is 3.38. The second kappa shape index (κ2) is 13.4. The Kier molecular flexibility index (Phi) is 12.5. The Labute approximate surface area is 185 Å². The van der Waals surface area contributed by atoms with Gasteiger partial charge in [-0.25, -0.2) is 9.59 Å². The molecule has 0 aliphatic carbocycles. The van der Waals surface area contributed by atoms with Crippen LogP contribution < -0.4 is 5.32 Å². The molecular weight excluding hydrogens is 438 g/mol. The second-order valence-corrected chi connectivity index (χ2v) is 9.07. The van der Waals surface area contributed by atoms with Crippen LogP contribution in [0.3, 0.4) is 0 Å². The average molecular weight is 468 g/mol. The molecule has 0 rings (SSSR count). The zero-order chi connectivity index (χ0) is 23.5. The molecule has 12 heteroatoms. The van der Waals surface area contributed by atoms with Crippen molar-refractivity contribution in [1.82, 2.24) is 5.32 Å². The summed E-state index contributed by atoms with van der Waals surface area (Å²) in [5.41, 5.74) is 0. The van der Waals surface area contributed by atoms with E-state index in [2.05, 4.69) is 17.9 Å². The third kappa shape index (κ3) is 10.7. The topological polar surface area (TPSA) is 134 Å². The summed E-state index contributed by atoms with van der Waals surface area (Å²) in [6, 6.07) is -1.12. The van der Waals surface area contributed by atoms with E-state index in [1.165, 1.54) is 13.8 Å². The van der Waals surface area contributed by atoms with Crippen molar-refractivity contribution >= 4 is 53.5 Å². The van der Waals surface area contributed by atoms with Gasteiger partial charge in [0.05, 0.1) is 16.6 Å². The molecule has 0 aromatic heterocycles. The van der Waals surface area contributed by atoms with Crippen molar-refractivity contribution in [1.29, 1.82) is 0 Å². The van der Waals surface area contributed by atoms with Crippen molar-refractivity contribution < 1.29 is 42.9 Å². The first kappa shape index (κ1) is 28.1. The van der Waals surface area contributed by atoms with Crippen LogP contribution in [0.1, 0.15) is 41.5 Å². The number of carbonyl (C=O) groups excluding carboxylic acids is 5. The number of esters is 3. The molecule has 0 spiro atoms. The predicted octanol–water partition coefficient (Wildman–Crippen LogP) is 1.91. The molecule has 0 bridgehead atoms. The summed E-state index contributed by atoms with van der Waals surface area (Å²) in [4.78, 5) is 59.1. The molecule has 0 heterocycles. The number of thioether (sulfide) groups is 1. The standard InChI is InChI=1S/C18H29NO9S2/c1-10(2)13(20)25-8-27-15(22)12(7-29)19-16(23)18(5,6)30-17(24)28-9-26-14(21)11(3)4/h10-12,29H,7-9H2,1-6H3,(H,19,23)/t12-/m0/s1. The van der Waals surface area contributed by atoms with Gasteiger partial charge in [0.25, 0.3) is 0 Å². The van der Waals surface area contributed by atoms with E-state index < -0.39 is 53.5 Å². The molecule has 1 N–H and O–H groups in total. The van der Waals surface area contributed by atoms with Crippen LogP contribution in [0.25, 0.3) is 0 Å². The minimum Gasteiger partial charge on any atom is -0.428 e. The van der Waals surface area contributed by atoms with Crippen molar-refractivity contribution in [2.45, 2.75) is 52.3 Å². The Morgan fingerprint density at radius 3 is 1.70 bits per heavy atom. The quantitative estimate of drug-likeness (QED) is 0.263. The van der Waals surface area contributed by atoms with Crippen LogP contribution in [0.15, 0.2) is 0 Å². The normalized spacial score (nSPS) is 12.2. The van der Waals surface area contributed by atoms with Gasteiger partial charge < -0.3 is 24.3 Å². The van der Waals surface area contributed by atoms with E-state index >= 15 is 0 Å². The molecule has 172 valence electrons. The van der Waals surface area contributed by atoms with Crippen LogP contribution in [0.4, 0.5) is 4.79 Å². The number of hydrogen-bond donors (Lipinski definition) is 2. The molecule has 1 amide bonds. The summed E-state index contributed by atoms with van der Waals surface area (Å²) in [6.45, 7) is 8.24. The van der Waals surface area contributed by atoms with Crippen LogP contribution in [0.5, 0.6) is 0 Å². The fourth-order valence-electron chi connectivity index (χ4n) is 1.51. The molecule has 30 heavy (non-hydrogen) atoms. The molecule has 0 radical (unpaired) electrons. The molecule has 0 aromatic carbocycles. The Morgan fingerprint density at radius 2 is 1.27 bits per heavy atom. The molecule has 0 aliphatic heterocycles. The lowest BCUT2D eigenvalue weighted by Crippen LogP contribution is -2.50. The number of thiol groups is 1. The van der Waals surface area contributed by atoms with Gasteiger partial charge in [-0.2, -0.15) is 12.6 Å². The number of carbonyl (C=O) groups is 5. The number of nitrogens with one attached hydrogen (secondary N) is 1. The summed E-state index contributed by atoms with van der Waals surface area (Å²) in [5.74, 6) is -3.40. The molecule has 1 atom stereocenters. The van der Waals surface area contributed by atoms with Gasteiger partial charge in [0, 0.05) is 5.75 Å². The largest absolute Gasteiger partial charge is 0.428 e. The number of rotatable bonds is 11. The Hall–Kier alpha value is -1.95. The smallest absolute Gasteiger partial charge is 0.371 e. The minimum absolute atomic E-state index is 0.0843. The van der Waals surface area contributed by atoms with Crippen LogP contribution >= 0.6 is 24.4 Å². The van der Waals surface area contributed by atoms with Gasteiger partial charge in [-0.05, 0) is 25.6 Å². The molecule has 10 nitrogen and oxygen atoms in total. The fraction of sp³-hybridized carbons (Fsp3) is 0.722. The van der Waals surface area contributed by atoms with Crippen LogP contribution in [0.2, 0.25) is 0 Å². The van der Waals surface area contributed by atoms with Gasteiger partial charge in [0.1, 0.15) is 6.04 Å². The fourth-order valence-corrected chi connectivity index (χ4v) is 2.43. The highest BCUT2D eigenvalue weighted by molar-refractivity contribution is 8.15. The highest BCUT2D eigenvalue weighted by atomic mass is 32.2. The lowest BCUT2D eigenvalue weighted by Gasteiger charge is -2.24. The first-order chi connectivity index (χ1) is 13.8. The van der Waals surface area contributed by atoms with E-state index in [-0.39, 0.29) is 17.6 Å². The predicted molar refractivity (Wildman–Crippen MR) is 112 cm³/mol. The summed E-state index contributed by atoms with van der Waals surface area (Å²) in [6.07, 6.45) is 0. The SMILES string of the molecule is CC(C)C(=O)OCOC(=O)SC(C)(C)C(=O)N[C@@H](CS)C(=O)OCOC(=O)C(C)C. The van der Waals surface area contributed by atoms with Crippen LogP contribution in [-0.2, 0) is 38.1 Å². The van der Waals surface area contributed by atoms with Gasteiger partial charge in [0.2, 0.25) is 19.5 Å². The maximum absolute atomic E-state index is 12.5. The van der Waals surface area contributed by atoms with Crippen molar-refractivity contribution in [3.63, 3.8) is 0 Å². The van der Waals surface area contributed by atoms with Gasteiger partial charge >= 0.3 is 23.2 Å². The van der Waals surface area contributed by atoms with E-state index in [4.69, 9.17) is 18.9 Å². The maximum atomic E-state index is 12.5. The van der Waals surface area contributed by atoms with Crippen LogP contribution in [0, 0.1) is 11.8 Å². The highest BCUT2D eigenvalue weighted by Gasteiger charge is 2.35. The van der Waals surface area contributed by atoms with E-state index in [0.717, 1.165) is 0 Å². The summed E-state index contributed by atoms with van der Waals surface area (Å²) in [5, 5.41) is 1.58. The average Bonchev–Trinajstić information content (AvgIpc) is 2.64. The zero-order valence-corrected chi connectivity index (χ0v) is 19.6. The molecule has 0 saturated carbocycles. The maximum Gasteiger partial charge on any atom is 0.371 e. The van der Waals surface area contributed by atoms with E-state index in [9.17, 15) is 24.0 Å². The second-order valence-electron chi connectivity index (χ2n) is 7.15. The molecule has 0 fully saturated rings. The van der Waals surface area contributed by atoms with Gasteiger partial charge in [0.15, 0.2) is 0 Å². The van der Waals surface area contributed by atoms with E-state index in [0.29, 0.717) is 11.8 Å². The molecule has 0 saturated heterocycles. The summed E-state index contributed by atoms with van der Waals surface area (Å²) >= 11 is 4.55. The number of ether oxygens (including phenoxy) is 4. The molecule has 0 aromatic rings. The third-order valence-corrected chi connectivity index (χ3v) is 4.73. The van der Waals surface area contributed by atoms with E-state index in [1.54, 1.807) is 27.7 Å². The van der Waals surface area contributed by atoms with Crippen molar-refractivity contribution in [2.75, 3.05) is 19.3 Å². The van der Waals surface area contributed by atoms with Crippen LogP contribution in [-0.4, -0.2) is 59.2 Å². The Balaban J connectivity index is 4.58. The first-order valence-electron chi connectivity index (χ1n) is 9.09. The monoisotopic (exact) mass is 467 g/mol. The number of hydrogen-bond acceptors (Lipinski definition) is 11. The molecule has 0 unspecified atom stereocenters. The Morgan fingerprint density at radius 1 is 0.833 bits per heavy atom. The molecular formula is C18H29NO9S2. The molecule has 0 aliphatic rings. The first-order valence-corrected chi connectivity index (χ1v) is 10.5. The summed E-state index contributed by atoms with van der Waals surface area (Å²) < 4.78 is 17.7.